The quantitative estimate of drug-likeness (QED) is 0.209. The maximum Gasteiger partial charge on any atom is 0.235 e. The van der Waals surface area contributed by atoms with Gasteiger partial charge in [0, 0.05) is 12.1 Å². The molecule has 0 spiro atoms. The van der Waals surface area contributed by atoms with E-state index in [0.29, 0.717) is 0 Å². The number of aliphatic hydroxyl groups excluding tert-OH is 4. The number of hydrogen-bond donors (Lipinski definition) is 8. The van der Waals surface area contributed by atoms with E-state index < -0.39 is 60.3 Å². The van der Waals surface area contributed by atoms with E-state index in [1.54, 1.807) is 0 Å². The summed E-state index contributed by atoms with van der Waals surface area (Å²) in [6.07, 6.45) is -6.79. The Labute approximate surface area is 185 Å². The Morgan fingerprint density at radius 1 is 0.939 bits per heavy atom. The van der Waals surface area contributed by atoms with Gasteiger partial charge in [-0.05, 0) is 23.8 Å². The Morgan fingerprint density at radius 3 is 2.24 bits per heavy atom. The summed E-state index contributed by atoms with van der Waals surface area (Å²) in [7, 11) is 0. The number of allylic oxidation sites excluding steroid dienone is 1. The van der Waals surface area contributed by atoms with Gasteiger partial charge < -0.3 is 55.1 Å². The number of hydrogen-bond acceptors (Lipinski definition) is 12. The second-order valence-electron chi connectivity index (χ2n) is 7.48. The van der Waals surface area contributed by atoms with Crippen molar-refractivity contribution in [3.8, 4) is 34.5 Å². The van der Waals surface area contributed by atoms with Crippen molar-refractivity contribution < 1.29 is 59.9 Å². The molecule has 2 aliphatic heterocycles. The zero-order chi connectivity index (χ0) is 24.0. The fourth-order valence-electron chi connectivity index (χ4n) is 3.51. The lowest BCUT2D eigenvalue weighted by atomic mass is 9.99. The summed E-state index contributed by atoms with van der Waals surface area (Å²) in [5.41, 5.74) is -0.0530. The summed E-state index contributed by atoms with van der Waals surface area (Å²) < 4.78 is 16.2. The molecule has 0 aromatic heterocycles. The maximum absolute atomic E-state index is 13.0. The number of benzene rings is 2. The normalized spacial score (nSPS) is 27.9. The van der Waals surface area contributed by atoms with Crippen LogP contribution in [0.2, 0.25) is 0 Å². The van der Waals surface area contributed by atoms with Crippen LogP contribution < -0.4 is 9.47 Å². The van der Waals surface area contributed by atoms with Crippen molar-refractivity contribution in [2.24, 2.45) is 0 Å². The molecule has 0 bridgehead atoms. The van der Waals surface area contributed by atoms with Crippen molar-refractivity contribution >= 4 is 11.9 Å². The van der Waals surface area contributed by atoms with Gasteiger partial charge in [0.15, 0.2) is 23.0 Å². The highest BCUT2D eigenvalue weighted by Crippen LogP contribution is 2.43. The molecule has 0 amide bonds. The molecule has 5 atom stereocenters. The minimum atomic E-state index is -1.75. The van der Waals surface area contributed by atoms with Gasteiger partial charge >= 0.3 is 0 Å². The number of phenolic OH excluding ortho intramolecular Hbond substituents is 4. The van der Waals surface area contributed by atoms with Crippen LogP contribution in [0.5, 0.6) is 34.5 Å². The van der Waals surface area contributed by atoms with Gasteiger partial charge in [0.25, 0.3) is 0 Å². The van der Waals surface area contributed by atoms with Gasteiger partial charge in [0.1, 0.15) is 47.2 Å². The molecule has 12 nitrogen and oxygen atoms in total. The SMILES string of the molecule is O=C1C(=Cc2cc(O)c(O)c(O)c2)Oc2cc(O)cc(O[C@H]3O[C@@H](CO)[C@H](O)[C@H](O)[C@@H]3O)c21. The van der Waals surface area contributed by atoms with Gasteiger partial charge in [-0.2, -0.15) is 0 Å². The highest BCUT2D eigenvalue weighted by molar-refractivity contribution is 6.16. The third-order valence-corrected chi connectivity index (χ3v) is 5.20. The van der Waals surface area contributed by atoms with Crippen LogP contribution in [-0.2, 0) is 4.74 Å². The van der Waals surface area contributed by atoms with Crippen molar-refractivity contribution in [3.05, 3.63) is 41.2 Å². The summed E-state index contributed by atoms with van der Waals surface area (Å²) in [5, 5.41) is 78.1. The predicted octanol–water partition coefficient (Wildman–Crippen LogP) is -0.696. The van der Waals surface area contributed by atoms with Crippen LogP contribution in [0.25, 0.3) is 6.08 Å². The molecule has 33 heavy (non-hydrogen) atoms. The molecular weight excluding hydrogens is 444 g/mol. The molecule has 1 fully saturated rings. The van der Waals surface area contributed by atoms with Crippen LogP contribution in [0.15, 0.2) is 30.0 Å². The summed E-state index contributed by atoms with van der Waals surface area (Å²) >= 11 is 0. The number of aliphatic hydroxyl groups is 4. The monoisotopic (exact) mass is 464 g/mol. The Hall–Kier alpha value is -3.55. The van der Waals surface area contributed by atoms with E-state index in [2.05, 4.69) is 0 Å². The number of aromatic hydroxyl groups is 4. The number of rotatable bonds is 4. The zero-order valence-electron chi connectivity index (χ0n) is 16.7. The van der Waals surface area contributed by atoms with E-state index in [4.69, 9.17) is 14.2 Å². The summed E-state index contributed by atoms with van der Waals surface area (Å²) in [6, 6.07) is 4.32. The van der Waals surface area contributed by atoms with Gasteiger partial charge in [-0.1, -0.05) is 0 Å². The van der Waals surface area contributed by atoms with Crippen LogP contribution in [0.4, 0.5) is 0 Å². The van der Waals surface area contributed by atoms with Crippen LogP contribution >= 0.6 is 0 Å². The average Bonchev–Trinajstić information content (AvgIpc) is 3.07. The lowest BCUT2D eigenvalue weighted by molar-refractivity contribution is -0.277. The number of phenols is 4. The van der Waals surface area contributed by atoms with E-state index in [1.807, 2.05) is 0 Å². The van der Waals surface area contributed by atoms with Crippen LogP contribution in [0, 0.1) is 0 Å². The number of carbonyl (C=O) groups is 1. The summed E-state index contributed by atoms with van der Waals surface area (Å²) in [5.74, 6) is -3.77. The Kier molecular flexibility index (Phi) is 5.78. The predicted molar refractivity (Wildman–Crippen MR) is 107 cm³/mol. The number of fused-ring (bicyclic) bond motifs is 1. The Balaban J connectivity index is 1.66. The molecule has 176 valence electrons. The van der Waals surface area contributed by atoms with Gasteiger partial charge in [-0.3, -0.25) is 4.79 Å². The van der Waals surface area contributed by atoms with Gasteiger partial charge in [0.2, 0.25) is 12.1 Å². The highest BCUT2D eigenvalue weighted by Gasteiger charge is 2.45. The molecule has 2 aliphatic rings. The third-order valence-electron chi connectivity index (χ3n) is 5.20. The van der Waals surface area contributed by atoms with E-state index in [0.717, 1.165) is 30.3 Å². The zero-order valence-corrected chi connectivity index (χ0v) is 16.7. The Bertz CT molecular complexity index is 1100. The number of Topliss-reactive ketones (excluding diaryl/α,β-unsaturated/α-hetero) is 1. The van der Waals surface area contributed by atoms with Crippen LogP contribution in [0.1, 0.15) is 15.9 Å². The van der Waals surface area contributed by atoms with Crippen LogP contribution in [0.3, 0.4) is 0 Å². The van der Waals surface area contributed by atoms with Crippen LogP contribution in [-0.4, -0.2) is 83.9 Å². The fourth-order valence-corrected chi connectivity index (χ4v) is 3.51. The molecule has 1 saturated heterocycles. The molecule has 2 aromatic rings. The summed E-state index contributed by atoms with van der Waals surface area (Å²) in [4.78, 5) is 13.0. The maximum atomic E-state index is 13.0. The van der Waals surface area contributed by atoms with Crippen molar-refractivity contribution in [1.29, 1.82) is 0 Å². The molecule has 0 radical (unpaired) electrons. The molecule has 8 N–H and O–H groups in total. The van der Waals surface area contributed by atoms with E-state index >= 15 is 0 Å². The van der Waals surface area contributed by atoms with Gasteiger partial charge in [-0.25, -0.2) is 0 Å². The minimum Gasteiger partial charge on any atom is -0.508 e. The highest BCUT2D eigenvalue weighted by atomic mass is 16.7. The number of carbonyl (C=O) groups excluding carboxylic acids is 1. The molecule has 2 aromatic carbocycles. The molecule has 2 heterocycles. The largest absolute Gasteiger partial charge is 0.508 e. The van der Waals surface area contributed by atoms with E-state index in [-0.39, 0.29) is 34.1 Å². The van der Waals surface area contributed by atoms with Crippen molar-refractivity contribution in [1.82, 2.24) is 0 Å². The van der Waals surface area contributed by atoms with Gasteiger partial charge in [0.05, 0.1) is 6.61 Å². The first kappa shape index (κ1) is 22.6. The van der Waals surface area contributed by atoms with Crippen molar-refractivity contribution in [2.75, 3.05) is 6.61 Å². The lowest BCUT2D eigenvalue weighted by Crippen LogP contribution is -2.60. The number of ether oxygens (including phenoxy) is 3. The first-order valence-corrected chi connectivity index (χ1v) is 9.64. The molecular formula is C21H20O12. The van der Waals surface area contributed by atoms with Crippen molar-refractivity contribution in [2.45, 2.75) is 30.7 Å². The molecule has 0 aliphatic carbocycles. The number of ketones is 1. The topological polar surface area (TPSA) is 207 Å². The lowest BCUT2D eigenvalue weighted by Gasteiger charge is -2.39. The van der Waals surface area contributed by atoms with Gasteiger partial charge in [-0.15, -0.1) is 0 Å². The fraction of sp³-hybridized carbons (Fsp3) is 0.286. The first-order chi connectivity index (χ1) is 15.6. The molecule has 0 unspecified atom stereocenters. The van der Waals surface area contributed by atoms with E-state index in [1.165, 1.54) is 0 Å². The average molecular weight is 464 g/mol. The van der Waals surface area contributed by atoms with E-state index in [9.17, 15) is 45.6 Å². The molecule has 12 heteroatoms. The smallest absolute Gasteiger partial charge is 0.235 e. The standard InChI is InChI=1S/C21H20O12/c22-6-14-18(28)19(29)20(30)21(33-14)32-12-5-8(23)4-11-15(12)17(27)13(31-11)3-7-1-9(24)16(26)10(25)2-7/h1-5,14,18-26,28-30H,6H2/t14-,18-,19-,20-,21-/m0/s1. The second-order valence-corrected chi connectivity index (χ2v) is 7.48. The van der Waals surface area contributed by atoms with Crippen molar-refractivity contribution in [3.63, 3.8) is 0 Å². The summed E-state index contributed by atoms with van der Waals surface area (Å²) in [6.45, 7) is -0.690. The molecule has 4 rings (SSSR count). The molecule has 0 saturated carbocycles. The second kappa shape index (κ2) is 8.42. The third kappa shape index (κ3) is 4.01. The first-order valence-electron chi connectivity index (χ1n) is 9.64. The minimum absolute atomic E-state index is 0.111. The Morgan fingerprint density at radius 2 is 1.61 bits per heavy atom.